The number of sulfonamides is 1. The fourth-order valence-electron chi connectivity index (χ4n) is 2.31. The van der Waals surface area contributed by atoms with Crippen LogP contribution in [-0.4, -0.2) is 20.2 Å². The summed E-state index contributed by atoms with van der Waals surface area (Å²) in [6, 6.07) is 4.82. The summed E-state index contributed by atoms with van der Waals surface area (Å²) in [6.45, 7) is 2.18. The fraction of sp³-hybridized carbons (Fsp3) is 0.500. The van der Waals surface area contributed by atoms with Crippen LogP contribution in [0.2, 0.25) is 0 Å². The van der Waals surface area contributed by atoms with Crippen molar-refractivity contribution in [1.82, 2.24) is 5.32 Å². The number of primary sulfonamides is 1. The van der Waals surface area contributed by atoms with Crippen molar-refractivity contribution in [3.05, 3.63) is 35.1 Å². The van der Waals surface area contributed by atoms with Gasteiger partial charge in [-0.3, -0.25) is 0 Å². The lowest BCUT2D eigenvalue weighted by Gasteiger charge is -2.29. The summed E-state index contributed by atoms with van der Waals surface area (Å²) in [5.41, 5.74) is 1.59. The van der Waals surface area contributed by atoms with Crippen LogP contribution < -0.4 is 10.5 Å². The monoisotopic (exact) mass is 272 g/mol. The minimum absolute atomic E-state index is 0.136. The van der Waals surface area contributed by atoms with E-state index in [1.807, 2.05) is 6.92 Å². The molecule has 0 aromatic heterocycles. The van der Waals surface area contributed by atoms with E-state index >= 15 is 0 Å². The van der Waals surface area contributed by atoms with Gasteiger partial charge < -0.3 is 5.32 Å². The molecular weight excluding hydrogens is 255 g/mol. The van der Waals surface area contributed by atoms with Gasteiger partial charge in [-0.05, 0) is 25.8 Å². The first-order valence-electron chi connectivity index (χ1n) is 5.89. The lowest BCUT2D eigenvalue weighted by molar-refractivity contribution is 0.396. The van der Waals surface area contributed by atoms with Crippen molar-refractivity contribution in [3.63, 3.8) is 0 Å². The third-order valence-electron chi connectivity index (χ3n) is 3.36. The molecule has 2 atom stereocenters. The number of nitrogens with one attached hydrogen (secondary N) is 1. The summed E-state index contributed by atoms with van der Waals surface area (Å²) in [5, 5.41) is 7.60. The highest BCUT2D eigenvalue weighted by molar-refractivity contribution is 7.89. The van der Waals surface area contributed by atoms with E-state index in [0.29, 0.717) is 18.4 Å². The van der Waals surface area contributed by atoms with Gasteiger partial charge in [-0.1, -0.05) is 17.7 Å². The molecule has 1 aromatic carbocycles. The summed E-state index contributed by atoms with van der Waals surface area (Å²) in [6.07, 6.45) is 1.03. The van der Waals surface area contributed by atoms with Crippen LogP contribution in [0.5, 0.6) is 0 Å². The van der Waals surface area contributed by atoms with Crippen LogP contribution in [0.15, 0.2) is 18.2 Å². The third-order valence-corrected chi connectivity index (χ3v) is 4.69. The Bertz CT molecular complexity index is 537. The number of piperidine rings is 1. The molecule has 1 heterocycles. The van der Waals surface area contributed by atoms with E-state index in [2.05, 4.69) is 5.32 Å². The van der Waals surface area contributed by atoms with Crippen molar-refractivity contribution in [2.24, 2.45) is 5.14 Å². The lowest BCUT2D eigenvalue weighted by atomic mass is 9.96. The average Bonchev–Trinajstić information content (AvgIpc) is 2.31. The molecule has 2 unspecified atom stereocenters. The third kappa shape index (κ3) is 2.88. The first kappa shape index (κ1) is 13.5. The molecule has 100 valence electrons. The molecule has 1 fully saturated rings. The number of aryl methyl sites for hydroxylation is 1. The van der Waals surface area contributed by atoms with Gasteiger partial charge in [-0.2, -0.15) is 0 Å². The highest BCUT2D eigenvalue weighted by Gasteiger charge is 2.29. The maximum absolute atomic E-state index is 13.7. The molecule has 6 heteroatoms. The van der Waals surface area contributed by atoms with Crippen LogP contribution in [0.3, 0.4) is 0 Å². The van der Waals surface area contributed by atoms with Crippen molar-refractivity contribution in [3.8, 4) is 0 Å². The number of hydrogen-bond acceptors (Lipinski definition) is 3. The minimum atomic E-state index is -3.51. The molecule has 3 N–H and O–H groups in total. The van der Waals surface area contributed by atoms with E-state index in [-0.39, 0.29) is 18.4 Å². The van der Waals surface area contributed by atoms with E-state index in [1.165, 1.54) is 6.07 Å². The van der Waals surface area contributed by atoms with E-state index in [1.54, 1.807) is 12.1 Å². The molecule has 1 saturated heterocycles. The van der Waals surface area contributed by atoms with Crippen LogP contribution in [0, 0.1) is 12.7 Å². The Hall–Kier alpha value is -0.980. The maximum atomic E-state index is 13.7. The maximum Gasteiger partial charge on any atom is 0.213 e. The highest BCUT2D eigenvalue weighted by atomic mass is 32.2. The molecule has 1 aromatic rings. The molecule has 0 saturated carbocycles. The topological polar surface area (TPSA) is 72.2 Å². The predicted octanol–water partition coefficient (Wildman–Crippen LogP) is 1.22. The molecule has 4 nitrogen and oxygen atoms in total. The summed E-state index contributed by atoms with van der Waals surface area (Å²) >= 11 is 0. The van der Waals surface area contributed by atoms with Crippen LogP contribution in [0.4, 0.5) is 4.39 Å². The summed E-state index contributed by atoms with van der Waals surface area (Å²) in [7, 11) is -3.51. The van der Waals surface area contributed by atoms with Gasteiger partial charge in [-0.15, -0.1) is 0 Å². The summed E-state index contributed by atoms with van der Waals surface area (Å²) in [4.78, 5) is 0. The van der Waals surface area contributed by atoms with Crippen molar-refractivity contribution in [2.75, 3.05) is 6.54 Å². The first-order valence-corrected chi connectivity index (χ1v) is 7.50. The van der Waals surface area contributed by atoms with Gasteiger partial charge in [0.2, 0.25) is 10.0 Å². The van der Waals surface area contributed by atoms with Gasteiger partial charge in [0.25, 0.3) is 0 Å². The van der Waals surface area contributed by atoms with Gasteiger partial charge in [0.15, 0.2) is 0 Å². The SMILES string of the molecule is Cc1ccc(F)c(C2CCC(S(N)(=O)=O)CN2)c1. The molecule has 0 spiro atoms. The van der Waals surface area contributed by atoms with Crippen LogP contribution in [0.25, 0.3) is 0 Å². The van der Waals surface area contributed by atoms with Gasteiger partial charge in [0, 0.05) is 18.2 Å². The highest BCUT2D eigenvalue weighted by Crippen LogP contribution is 2.27. The van der Waals surface area contributed by atoms with Gasteiger partial charge in [0.1, 0.15) is 5.82 Å². The van der Waals surface area contributed by atoms with Crippen LogP contribution in [-0.2, 0) is 10.0 Å². The Morgan fingerprint density at radius 3 is 2.67 bits per heavy atom. The quantitative estimate of drug-likeness (QED) is 0.850. The van der Waals surface area contributed by atoms with E-state index in [9.17, 15) is 12.8 Å². The fourth-order valence-corrected chi connectivity index (χ4v) is 3.10. The molecule has 2 rings (SSSR count). The Morgan fingerprint density at radius 1 is 1.39 bits per heavy atom. The van der Waals surface area contributed by atoms with Crippen molar-refractivity contribution in [1.29, 1.82) is 0 Å². The zero-order chi connectivity index (χ0) is 13.3. The number of benzene rings is 1. The largest absolute Gasteiger partial charge is 0.308 e. The molecular formula is C12H17FN2O2S. The van der Waals surface area contributed by atoms with Gasteiger partial charge >= 0.3 is 0 Å². The molecule has 0 bridgehead atoms. The second-order valence-electron chi connectivity index (χ2n) is 4.77. The van der Waals surface area contributed by atoms with Crippen molar-refractivity contribution in [2.45, 2.75) is 31.1 Å². The van der Waals surface area contributed by atoms with Gasteiger partial charge in [0.05, 0.1) is 5.25 Å². The van der Waals surface area contributed by atoms with Crippen molar-refractivity contribution >= 4 is 10.0 Å². The molecule has 18 heavy (non-hydrogen) atoms. The van der Waals surface area contributed by atoms with Crippen LogP contribution >= 0.6 is 0 Å². The number of halogens is 1. The number of nitrogens with two attached hydrogens (primary N) is 1. The van der Waals surface area contributed by atoms with E-state index in [4.69, 9.17) is 5.14 Å². The molecule has 0 aliphatic carbocycles. The number of hydrogen-bond donors (Lipinski definition) is 2. The minimum Gasteiger partial charge on any atom is -0.308 e. The van der Waals surface area contributed by atoms with Gasteiger partial charge in [-0.25, -0.2) is 17.9 Å². The molecule has 1 aliphatic rings. The Labute approximate surface area is 106 Å². The predicted molar refractivity (Wildman–Crippen MR) is 68.0 cm³/mol. The Morgan fingerprint density at radius 2 is 2.11 bits per heavy atom. The van der Waals surface area contributed by atoms with Crippen LogP contribution in [0.1, 0.15) is 30.0 Å². The lowest BCUT2D eigenvalue weighted by Crippen LogP contribution is -2.43. The molecule has 1 aliphatic heterocycles. The molecule has 0 amide bonds. The summed E-state index contributed by atoms with van der Waals surface area (Å²) < 4.78 is 36.1. The van der Waals surface area contributed by atoms with E-state index < -0.39 is 15.3 Å². The normalized spacial score (nSPS) is 25.1. The second-order valence-corrected chi connectivity index (χ2v) is 6.62. The Balaban J connectivity index is 2.12. The average molecular weight is 272 g/mol. The zero-order valence-electron chi connectivity index (χ0n) is 10.2. The molecule has 0 radical (unpaired) electrons. The second kappa shape index (κ2) is 4.95. The number of rotatable bonds is 2. The van der Waals surface area contributed by atoms with E-state index in [0.717, 1.165) is 5.56 Å². The zero-order valence-corrected chi connectivity index (χ0v) is 11.0. The summed E-state index contributed by atoms with van der Waals surface area (Å²) in [5.74, 6) is -0.257. The smallest absolute Gasteiger partial charge is 0.213 e. The first-order chi connectivity index (χ1) is 8.38. The standard InChI is InChI=1S/C12H17FN2O2S/c1-8-2-4-11(13)10(6-8)12-5-3-9(7-15-12)18(14,16)17/h2,4,6,9,12,15H,3,5,7H2,1H3,(H2,14,16,17). The Kier molecular flexibility index (Phi) is 3.70. The van der Waals surface area contributed by atoms with Crippen molar-refractivity contribution < 1.29 is 12.8 Å².